The Kier molecular flexibility index (Phi) is 7.80. The van der Waals surface area contributed by atoms with Crippen LogP contribution >= 0.6 is 0 Å². The first kappa shape index (κ1) is 18.5. The number of aliphatic hydroxyl groups is 1. The van der Waals surface area contributed by atoms with Gasteiger partial charge in [-0.05, 0) is 63.0 Å². The first-order valence-electron chi connectivity index (χ1n) is 8.83. The smallest absolute Gasteiger partial charge is 0.0604 e. The number of aliphatic hydroxyl groups excluding tert-OH is 1. The van der Waals surface area contributed by atoms with Crippen molar-refractivity contribution in [2.75, 3.05) is 32.6 Å². The third kappa shape index (κ3) is 6.34. The van der Waals surface area contributed by atoms with Crippen LogP contribution in [-0.2, 0) is 12.8 Å². The van der Waals surface area contributed by atoms with Gasteiger partial charge in [0.2, 0.25) is 0 Å². The van der Waals surface area contributed by atoms with Crippen LogP contribution in [0.25, 0.3) is 0 Å². The van der Waals surface area contributed by atoms with Crippen LogP contribution in [0.15, 0.2) is 54.6 Å². The van der Waals surface area contributed by atoms with Crippen LogP contribution in [0.2, 0.25) is 0 Å². The molecule has 1 unspecified atom stereocenters. The molecular formula is C21H30N2O. The summed E-state index contributed by atoms with van der Waals surface area (Å²) in [6.07, 6.45) is 4.61. The number of hydrogen-bond acceptors (Lipinski definition) is 3. The third-order valence-electron chi connectivity index (χ3n) is 4.44. The molecule has 24 heavy (non-hydrogen) atoms. The summed E-state index contributed by atoms with van der Waals surface area (Å²) in [7, 11) is 4.35. The second-order valence-electron chi connectivity index (χ2n) is 6.55. The number of aryl methyl sites for hydroxylation is 1. The van der Waals surface area contributed by atoms with E-state index < -0.39 is 0 Å². The van der Waals surface area contributed by atoms with Crippen molar-refractivity contribution in [3.63, 3.8) is 0 Å². The molecule has 0 heterocycles. The molecule has 130 valence electrons. The van der Waals surface area contributed by atoms with E-state index in [1.165, 1.54) is 24.0 Å². The highest BCUT2D eigenvalue weighted by Gasteiger charge is 2.12. The number of anilines is 1. The second-order valence-corrected chi connectivity index (χ2v) is 6.55. The number of hydrogen-bond donors (Lipinski definition) is 2. The van der Waals surface area contributed by atoms with Crippen molar-refractivity contribution in [3.05, 3.63) is 65.7 Å². The molecule has 0 spiro atoms. The van der Waals surface area contributed by atoms with E-state index >= 15 is 0 Å². The number of nitrogens with zero attached hydrogens (tertiary/aromatic N) is 1. The van der Waals surface area contributed by atoms with E-state index in [4.69, 9.17) is 5.11 Å². The lowest BCUT2D eigenvalue weighted by molar-refractivity contribution is 0.272. The SMILES string of the molecule is CN(C)C(CCCc1ccc(NCCO)cc1)Cc1ccccc1. The zero-order valence-corrected chi connectivity index (χ0v) is 14.9. The van der Waals surface area contributed by atoms with E-state index in [-0.39, 0.29) is 6.61 Å². The maximum Gasteiger partial charge on any atom is 0.0604 e. The van der Waals surface area contributed by atoms with Gasteiger partial charge in [0.25, 0.3) is 0 Å². The minimum Gasteiger partial charge on any atom is -0.395 e. The van der Waals surface area contributed by atoms with Crippen molar-refractivity contribution in [1.82, 2.24) is 4.90 Å². The Balaban J connectivity index is 1.80. The zero-order valence-electron chi connectivity index (χ0n) is 14.9. The molecule has 2 rings (SSSR count). The van der Waals surface area contributed by atoms with Gasteiger partial charge in [-0.15, -0.1) is 0 Å². The highest BCUT2D eigenvalue weighted by Crippen LogP contribution is 2.15. The molecule has 2 aromatic rings. The summed E-state index contributed by atoms with van der Waals surface area (Å²) in [5, 5.41) is 12.0. The summed E-state index contributed by atoms with van der Waals surface area (Å²) < 4.78 is 0. The molecule has 2 N–H and O–H groups in total. The molecule has 0 fully saturated rings. The van der Waals surface area contributed by atoms with E-state index in [2.05, 4.69) is 78.9 Å². The lowest BCUT2D eigenvalue weighted by atomic mass is 9.98. The fraction of sp³-hybridized carbons (Fsp3) is 0.429. The maximum atomic E-state index is 8.83. The fourth-order valence-corrected chi connectivity index (χ4v) is 2.96. The van der Waals surface area contributed by atoms with Crippen molar-refractivity contribution in [2.24, 2.45) is 0 Å². The van der Waals surface area contributed by atoms with Crippen LogP contribution in [0.1, 0.15) is 24.0 Å². The normalized spacial score (nSPS) is 12.3. The predicted octanol–water partition coefficient (Wildman–Crippen LogP) is 3.59. The molecule has 0 radical (unpaired) electrons. The van der Waals surface area contributed by atoms with Crippen molar-refractivity contribution in [3.8, 4) is 0 Å². The van der Waals surface area contributed by atoms with Crippen LogP contribution in [-0.4, -0.2) is 43.3 Å². The quantitative estimate of drug-likeness (QED) is 0.700. The summed E-state index contributed by atoms with van der Waals surface area (Å²) >= 11 is 0. The van der Waals surface area contributed by atoms with Crippen molar-refractivity contribution < 1.29 is 5.11 Å². The number of benzene rings is 2. The molecule has 0 saturated carbocycles. The highest BCUT2D eigenvalue weighted by molar-refractivity contribution is 5.44. The fourth-order valence-electron chi connectivity index (χ4n) is 2.96. The van der Waals surface area contributed by atoms with Crippen molar-refractivity contribution in [2.45, 2.75) is 31.7 Å². The molecule has 0 aromatic heterocycles. The molecule has 0 saturated heterocycles. The molecular weight excluding hydrogens is 296 g/mol. The summed E-state index contributed by atoms with van der Waals surface area (Å²) in [5.74, 6) is 0. The zero-order chi connectivity index (χ0) is 17.2. The van der Waals surface area contributed by atoms with E-state index in [1.807, 2.05) is 0 Å². The first-order chi connectivity index (χ1) is 11.7. The monoisotopic (exact) mass is 326 g/mol. The third-order valence-corrected chi connectivity index (χ3v) is 4.44. The average molecular weight is 326 g/mol. The summed E-state index contributed by atoms with van der Waals surface area (Å²) in [4.78, 5) is 2.34. The van der Waals surface area contributed by atoms with Crippen LogP contribution in [0.4, 0.5) is 5.69 Å². The van der Waals surface area contributed by atoms with Crippen LogP contribution < -0.4 is 5.32 Å². The number of likely N-dealkylation sites (N-methyl/N-ethyl adjacent to an activating group) is 1. The van der Waals surface area contributed by atoms with Gasteiger partial charge in [0.1, 0.15) is 0 Å². The average Bonchev–Trinajstić information content (AvgIpc) is 2.61. The Morgan fingerprint density at radius 2 is 1.67 bits per heavy atom. The summed E-state index contributed by atoms with van der Waals surface area (Å²) in [6, 6.07) is 19.9. The van der Waals surface area contributed by atoms with Gasteiger partial charge in [0, 0.05) is 18.3 Å². The molecule has 2 aromatic carbocycles. The summed E-state index contributed by atoms with van der Waals surface area (Å²) in [5.41, 5.74) is 3.86. The lowest BCUT2D eigenvalue weighted by Crippen LogP contribution is -2.30. The Hall–Kier alpha value is -1.84. The van der Waals surface area contributed by atoms with Gasteiger partial charge >= 0.3 is 0 Å². The molecule has 3 heteroatoms. The molecule has 0 aliphatic rings. The minimum atomic E-state index is 0.162. The van der Waals surface area contributed by atoms with Gasteiger partial charge in [-0.1, -0.05) is 42.5 Å². The largest absolute Gasteiger partial charge is 0.395 e. The molecule has 0 aliphatic carbocycles. The topological polar surface area (TPSA) is 35.5 Å². The lowest BCUT2D eigenvalue weighted by Gasteiger charge is -2.24. The van der Waals surface area contributed by atoms with Gasteiger partial charge in [-0.2, -0.15) is 0 Å². The van der Waals surface area contributed by atoms with Crippen LogP contribution in [0.3, 0.4) is 0 Å². The Morgan fingerprint density at radius 3 is 2.29 bits per heavy atom. The maximum absolute atomic E-state index is 8.83. The highest BCUT2D eigenvalue weighted by atomic mass is 16.3. The Labute approximate surface area is 146 Å². The van der Waals surface area contributed by atoms with Crippen LogP contribution in [0, 0.1) is 0 Å². The number of nitrogens with one attached hydrogen (secondary N) is 1. The minimum absolute atomic E-state index is 0.162. The van der Waals surface area contributed by atoms with Crippen LogP contribution in [0.5, 0.6) is 0 Å². The predicted molar refractivity (Wildman–Crippen MR) is 103 cm³/mol. The van der Waals surface area contributed by atoms with E-state index in [9.17, 15) is 0 Å². The van der Waals surface area contributed by atoms with E-state index in [0.29, 0.717) is 12.6 Å². The first-order valence-corrected chi connectivity index (χ1v) is 8.83. The summed E-state index contributed by atoms with van der Waals surface area (Å²) in [6.45, 7) is 0.762. The molecule has 0 aliphatic heterocycles. The molecule has 0 bridgehead atoms. The van der Waals surface area contributed by atoms with Gasteiger partial charge in [0.15, 0.2) is 0 Å². The van der Waals surface area contributed by atoms with Gasteiger partial charge in [-0.3, -0.25) is 0 Å². The number of rotatable bonds is 10. The molecule has 1 atom stereocenters. The van der Waals surface area contributed by atoms with Crippen molar-refractivity contribution >= 4 is 5.69 Å². The molecule has 0 amide bonds. The van der Waals surface area contributed by atoms with Gasteiger partial charge in [0.05, 0.1) is 6.61 Å². The van der Waals surface area contributed by atoms with Gasteiger partial charge < -0.3 is 15.3 Å². The van der Waals surface area contributed by atoms with E-state index in [1.54, 1.807) is 0 Å². The Morgan fingerprint density at radius 1 is 0.958 bits per heavy atom. The molecule has 3 nitrogen and oxygen atoms in total. The second kappa shape index (κ2) is 10.1. The van der Waals surface area contributed by atoms with Gasteiger partial charge in [-0.25, -0.2) is 0 Å². The standard InChI is InChI=1S/C21H30N2O/c1-23(2)21(17-19-7-4-3-5-8-19)10-6-9-18-11-13-20(14-12-18)22-15-16-24/h3-5,7-8,11-14,21-22,24H,6,9-10,15-17H2,1-2H3. The Bertz CT molecular complexity index is 566. The van der Waals surface area contributed by atoms with E-state index in [0.717, 1.165) is 18.5 Å². The van der Waals surface area contributed by atoms with Crippen molar-refractivity contribution in [1.29, 1.82) is 0 Å².